The van der Waals surface area contributed by atoms with E-state index in [1.807, 2.05) is 6.92 Å². The number of hydrogen-bond acceptors (Lipinski definition) is 7. The highest BCUT2D eigenvalue weighted by molar-refractivity contribution is 8.18. The minimum atomic E-state index is -1.05. The van der Waals surface area contributed by atoms with Crippen LogP contribution in [0.4, 0.5) is 11.4 Å². The van der Waals surface area contributed by atoms with Crippen molar-refractivity contribution in [2.75, 3.05) is 6.54 Å². The lowest BCUT2D eigenvalue weighted by Gasteiger charge is -2.12. The molecule has 0 unspecified atom stereocenters. The average Bonchev–Trinajstić information content (AvgIpc) is 3.17. The van der Waals surface area contributed by atoms with Gasteiger partial charge in [0.15, 0.2) is 5.17 Å². The Morgan fingerprint density at radius 3 is 2.59 bits per heavy atom. The Bertz CT molecular complexity index is 1440. The number of non-ortho nitro benzene ring substituents is 1. The maximum atomic E-state index is 13.0. The summed E-state index contributed by atoms with van der Waals surface area (Å²) in [4.78, 5) is 41.0. The third-order valence-electron chi connectivity index (χ3n) is 5.32. The number of carbonyl (C=O) groups excluding carboxylic acids is 1. The molecule has 0 aliphatic carbocycles. The van der Waals surface area contributed by atoms with Crippen LogP contribution >= 0.6 is 23.4 Å². The van der Waals surface area contributed by atoms with Gasteiger partial charge in [-0.3, -0.25) is 19.8 Å². The van der Waals surface area contributed by atoms with Crippen LogP contribution in [-0.2, 0) is 11.4 Å². The smallest absolute Gasteiger partial charge is 0.335 e. The first-order valence-corrected chi connectivity index (χ1v) is 12.2. The zero-order valence-corrected chi connectivity index (χ0v) is 21.0. The Balaban J connectivity index is 1.49. The van der Waals surface area contributed by atoms with Gasteiger partial charge in [-0.1, -0.05) is 23.7 Å². The van der Waals surface area contributed by atoms with Crippen LogP contribution in [0.25, 0.3) is 6.08 Å². The van der Waals surface area contributed by atoms with Gasteiger partial charge in [-0.05, 0) is 78.4 Å². The van der Waals surface area contributed by atoms with Crippen LogP contribution in [0, 0.1) is 10.1 Å². The molecule has 1 N–H and O–H groups in total. The normalized spacial score (nSPS) is 15.4. The maximum absolute atomic E-state index is 13.0. The number of carbonyl (C=O) groups is 2. The summed E-state index contributed by atoms with van der Waals surface area (Å²) in [5.41, 5.74) is 1.99. The highest BCUT2D eigenvalue weighted by atomic mass is 35.5. The molecule has 1 saturated heterocycles. The molecule has 1 aliphatic heterocycles. The van der Waals surface area contributed by atoms with Crippen molar-refractivity contribution >= 4 is 57.9 Å². The zero-order chi connectivity index (χ0) is 26.5. The van der Waals surface area contributed by atoms with E-state index in [9.17, 15) is 24.8 Å². The molecule has 4 rings (SSSR count). The van der Waals surface area contributed by atoms with E-state index >= 15 is 0 Å². The van der Waals surface area contributed by atoms with E-state index in [4.69, 9.17) is 16.3 Å². The molecule has 11 heteroatoms. The lowest BCUT2D eigenvalue weighted by atomic mass is 10.2. The standard InChI is InChI=1S/C26H20ClN3O6S/c1-2-29-24(31)23(37-26(29)28-19-5-3-4-18(14-19)25(32)33)13-17-8-11-22(21(27)12-17)36-15-16-6-9-20(10-7-16)30(34)35/h3-14H,2,15H2,1H3,(H,32,33). The first kappa shape index (κ1) is 25.9. The molecule has 1 aliphatic rings. The van der Waals surface area contributed by atoms with Crippen LogP contribution in [0.1, 0.15) is 28.4 Å². The molecule has 3 aromatic rings. The first-order chi connectivity index (χ1) is 17.7. The van der Waals surface area contributed by atoms with Gasteiger partial charge < -0.3 is 9.84 Å². The van der Waals surface area contributed by atoms with E-state index in [1.54, 1.807) is 48.5 Å². The first-order valence-electron chi connectivity index (χ1n) is 11.0. The molecule has 1 heterocycles. The molecular formula is C26H20ClN3O6S. The molecule has 0 radical (unpaired) electrons. The molecule has 0 spiro atoms. The van der Waals surface area contributed by atoms with Crippen molar-refractivity contribution in [2.24, 2.45) is 4.99 Å². The molecule has 0 bridgehead atoms. The fourth-order valence-corrected chi connectivity index (χ4v) is 4.75. The Morgan fingerprint density at radius 1 is 1.19 bits per heavy atom. The summed E-state index contributed by atoms with van der Waals surface area (Å²) in [5, 5.41) is 20.8. The molecule has 0 atom stereocenters. The molecule has 0 saturated carbocycles. The SMILES string of the molecule is CCN1C(=O)C(=Cc2ccc(OCc3ccc([N+](=O)[O-])cc3)c(Cl)c2)SC1=Nc1cccc(C(=O)O)c1. The highest BCUT2D eigenvalue weighted by Crippen LogP contribution is 2.35. The summed E-state index contributed by atoms with van der Waals surface area (Å²) in [7, 11) is 0. The van der Waals surface area contributed by atoms with Crippen molar-refractivity contribution in [3.63, 3.8) is 0 Å². The topological polar surface area (TPSA) is 122 Å². The molecule has 9 nitrogen and oxygen atoms in total. The van der Waals surface area contributed by atoms with Crippen LogP contribution in [0.15, 0.2) is 76.6 Å². The number of hydrogen-bond donors (Lipinski definition) is 1. The number of amides is 1. The van der Waals surface area contributed by atoms with Gasteiger partial charge in [-0.25, -0.2) is 9.79 Å². The summed E-state index contributed by atoms with van der Waals surface area (Å²) in [6.07, 6.45) is 1.71. The van der Waals surface area contributed by atoms with Crippen LogP contribution in [0.2, 0.25) is 5.02 Å². The number of thioether (sulfide) groups is 1. The lowest BCUT2D eigenvalue weighted by Crippen LogP contribution is -2.28. The molecule has 37 heavy (non-hydrogen) atoms. The number of nitro benzene ring substituents is 1. The Labute approximate surface area is 221 Å². The number of amidine groups is 1. The highest BCUT2D eigenvalue weighted by Gasteiger charge is 2.32. The minimum Gasteiger partial charge on any atom is -0.487 e. The molecule has 188 valence electrons. The molecular weight excluding hydrogens is 518 g/mol. The number of nitro groups is 1. The van der Waals surface area contributed by atoms with Crippen LogP contribution in [0.5, 0.6) is 5.75 Å². The number of aromatic carboxylic acids is 1. The van der Waals surface area contributed by atoms with Gasteiger partial charge in [-0.15, -0.1) is 0 Å². The quantitative estimate of drug-likeness (QED) is 0.208. The Morgan fingerprint density at radius 2 is 1.95 bits per heavy atom. The summed E-state index contributed by atoms with van der Waals surface area (Å²) in [6, 6.07) is 17.4. The van der Waals surface area contributed by atoms with Gasteiger partial charge in [0.1, 0.15) is 12.4 Å². The van der Waals surface area contributed by atoms with E-state index in [0.717, 1.165) is 5.56 Å². The summed E-state index contributed by atoms with van der Waals surface area (Å²) >= 11 is 7.59. The minimum absolute atomic E-state index is 0.00197. The second kappa shape index (κ2) is 11.3. The van der Waals surface area contributed by atoms with Crippen LogP contribution in [0.3, 0.4) is 0 Å². The van der Waals surface area contributed by atoms with Crippen molar-refractivity contribution in [3.05, 3.63) is 103 Å². The zero-order valence-electron chi connectivity index (χ0n) is 19.5. The van der Waals surface area contributed by atoms with E-state index in [2.05, 4.69) is 4.99 Å². The number of halogens is 1. The number of carboxylic acids is 1. The van der Waals surface area contributed by atoms with Gasteiger partial charge in [0.05, 0.1) is 26.1 Å². The average molecular weight is 538 g/mol. The molecule has 1 amide bonds. The predicted molar refractivity (Wildman–Crippen MR) is 142 cm³/mol. The molecule has 1 fully saturated rings. The number of likely N-dealkylation sites (N-methyl/N-ethyl adjacent to an activating group) is 1. The van der Waals surface area contributed by atoms with Gasteiger partial charge in [-0.2, -0.15) is 0 Å². The van der Waals surface area contributed by atoms with Gasteiger partial charge in [0, 0.05) is 18.7 Å². The number of aliphatic imine (C=N–C) groups is 1. The van der Waals surface area contributed by atoms with Crippen LogP contribution in [-0.4, -0.2) is 38.5 Å². The van der Waals surface area contributed by atoms with Gasteiger partial charge >= 0.3 is 5.97 Å². The second-order valence-electron chi connectivity index (χ2n) is 7.81. The fourth-order valence-electron chi connectivity index (χ4n) is 3.44. The van der Waals surface area contributed by atoms with Crippen molar-refractivity contribution in [1.82, 2.24) is 4.90 Å². The second-order valence-corrected chi connectivity index (χ2v) is 9.23. The number of carboxylic acid groups (broad SMARTS) is 1. The molecule has 0 aromatic heterocycles. The van der Waals surface area contributed by atoms with Gasteiger partial charge in [0.25, 0.3) is 11.6 Å². The van der Waals surface area contributed by atoms with Gasteiger partial charge in [0.2, 0.25) is 0 Å². The van der Waals surface area contributed by atoms with E-state index in [-0.39, 0.29) is 23.8 Å². The molecule has 3 aromatic carbocycles. The van der Waals surface area contributed by atoms with Crippen molar-refractivity contribution in [3.8, 4) is 5.75 Å². The third kappa shape index (κ3) is 6.16. The number of ether oxygens (including phenoxy) is 1. The van der Waals surface area contributed by atoms with Crippen molar-refractivity contribution < 1.29 is 24.4 Å². The van der Waals surface area contributed by atoms with Crippen molar-refractivity contribution in [1.29, 1.82) is 0 Å². The Hall–Kier alpha value is -4.15. The largest absolute Gasteiger partial charge is 0.487 e. The van der Waals surface area contributed by atoms with E-state index < -0.39 is 10.9 Å². The van der Waals surface area contributed by atoms with Crippen LogP contribution < -0.4 is 4.74 Å². The summed E-state index contributed by atoms with van der Waals surface area (Å²) < 4.78 is 5.75. The van der Waals surface area contributed by atoms with E-state index in [1.165, 1.54) is 40.9 Å². The fraction of sp³-hybridized carbons (Fsp3) is 0.115. The maximum Gasteiger partial charge on any atom is 0.335 e. The third-order valence-corrected chi connectivity index (χ3v) is 6.62. The van der Waals surface area contributed by atoms with E-state index in [0.29, 0.717) is 38.6 Å². The van der Waals surface area contributed by atoms with Crippen molar-refractivity contribution in [2.45, 2.75) is 13.5 Å². The number of benzene rings is 3. The monoisotopic (exact) mass is 537 g/mol. The number of nitrogens with zero attached hydrogens (tertiary/aromatic N) is 3. The summed E-state index contributed by atoms with van der Waals surface area (Å²) in [5.74, 6) is -0.833. The predicted octanol–water partition coefficient (Wildman–Crippen LogP) is 6.15. The Kier molecular flexibility index (Phi) is 7.90. The summed E-state index contributed by atoms with van der Waals surface area (Å²) in [6.45, 7) is 2.41. The number of rotatable bonds is 8. The lowest BCUT2D eigenvalue weighted by molar-refractivity contribution is -0.384.